The zero-order valence-corrected chi connectivity index (χ0v) is 14.8. The van der Waals surface area contributed by atoms with E-state index in [2.05, 4.69) is 4.98 Å². The number of nitro groups is 1. The fourth-order valence-corrected chi connectivity index (χ4v) is 3.94. The number of amides is 1. The normalized spacial score (nSPS) is 20.0. The molecule has 136 valence electrons. The van der Waals surface area contributed by atoms with Gasteiger partial charge in [-0.3, -0.25) is 19.7 Å². The maximum absolute atomic E-state index is 12.8. The lowest BCUT2D eigenvalue weighted by atomic mass is 9.90. The number of aromatic nitrogens is 1. The summed E-state index contributed by atoms with van der Waals surface area (Å²) in [5, 5.41) is 22.2. The van der Waals surface area contributed by atoms with Crippen molar-refractivity contribution in [1.29, 1.82) is 0 Å². The molecule has 0 bridgehead atoms. The summed E-state index contributed by atoms with van der Waals surface area (Å²) in [7, 11) is 0. The Morgan fingerprint density at radius 3 is 2.65 bits per heavy atom. The van der Waals surface area contributed by atoms with E-state index in [1.807, 2.05) is 0 Å². The number of piperidine rings is 1. The van der Waals surface area contributed by atoms with Gasteiger partial charge in [0.2, 0.25) is 0 Å². The molecule has 1 amide bonds. The van der Waals surface area contributed by atoms with Gasteiger partial charge in [0.1, 0.15) is 10.7 Å². The monoisotopic (exact) mass is 375 g/mol. The number of thiazole rings is 1. The van der Waals surface area contributed by atoms with Crippen molar-refractivity contribution in [1.82, 2.24) is 9.88 Å². The Morgan fingerprint density at radius 1 is 1.35 bits per heavy atom. The predicted molar refractivity (Wildman–Crippen MR) is 95.1 cm³/mol. The Balaban J connectivity index is 1.79. The van der Waals surface area contributed by atoms with Crippen LogP contribution in [0.3, 0.4) is 0 Å². The average molecular weight is 375 g/mol. The molecule has 26 heavy (non-hydrogen) atoms. The van der Waals surface area contributed by atoms with Crippen LogP contribution in [0.25, 0.3) is 10.6 Å². The van der Waals surface area contributed by atoms with Gasteiger partial charge in [-0.1, -0.05) is 0 Å². The number of carboxylic acid groups (broad SMARTS) is 1. The lowest BCUT2D eigenvalue weighted by Gasteiger charge is -2.37. The third kappa shape index (κ3) is 3.43. The number of hydrogen-bond donors (Lipinski definition) is 1. The van der Waals surface area contributed by atoms with E-state index in [9.17, 15) is 24.8 Å². The quantitative estimate of drug-likeness (QED) is 0.649. The molecule has 9 heteroatoms. The van der Waals surface area contributed by atoms with E-state index in [1.54, 1.807) is 29.3 Å². The lowest BCUT2D eigenvalue weighted by molar-refractivity contribution is -0.384. The molecule has 2 aromatic rings. The Hall–Kier alpha value is -2.81. The SMILES string of the molecule is C[C@@H]1[C@H](C(=O)O)CCCN1C(=O)c1csc(-c2ccc([N+](=O)[O-])cc2)n1. The van der Waals surface area contributed by atoms with E-state index in [1.165, 1.54) is 23.5 Å². The Morgan fingerprint density at radius 2 is 2.04 bits per heavy atom. The van der Waals surface area contributed by atoms with Crippen LogP contribution < -0.4 is 0 Å². The summed E-state index contributed by atoms with van der Waals surface area (Å²) >= 11 is 1.27. The second kappa shape index (κ2) is 7.20. The fraction of sp³-hybridized carbons (Fsp3) is 0.353. The summed E-state index contributed by atoms with van der Waals surface area (Å²) in [6.45, 7) is 2.26. The van der Waals surface area contributed by atoms with E-state index < -0.39 is 22.9 Å². The highest BCUT2D eigenvalue weighted by Gasteiger charge is 2.36. The molecule has 0 radical (unpaired) electrons. The molecule has 1 aliphatic heterocycles. The summed E-state index contributed by atoms with van der Waals surface area (Å²) in [5.41, 5.74) is 0.944. The van der Waals surface area contributed by atoms with E-state index in [0.717, 1.165) is 0 Å². The highest BCUT2D eigenvalue weighted by molar-refractivity contribution is 7.13. The molecule has 1 aromatic heterocycles. The zero-order chi connectivity index (χ0) is 18.8. The van der Waals surface area contributed by atoms with Gasteiger partial charge in [0.25, 0.3) is 11.6 Å². The number of nitro benzene ring substituents is 1. The number of likely N-dealkylation sites (tertiary alicyclic amines) is 1. The first-order valence-corrected chi connectivity index (χ1v) is 9.00. The molecule has 2 heterocycles. The summed E-state index contributed by atoms with van der Waals surface area (Å²) < 4.78 is 0. The van der Waals surface area contributed by atoms with Gasteiger partial charge in [0, 0.05) is 35.7 Å². The van der Waals surface area contributed by atoms with Crippen LogP contribution in [0.1, 0.15) is 30.3 Å². The van der Waals surface area contributed by atoms with E-state index in [-0.39, 0.29) is 17.3 Å². The van der Waals surface area contributed by atoms with Crippen molar-refractivity contribution in [2.45, 2.75) is 25.8 Å². The van der Waals surface area contributed by atoms with Crippen LogP contribution in [0.5, 0.6) is 0 Å². The fourth-order valence-electron chi connectivity index (χ4n) is 3.14. The first-order valence-electron chi connectivity index (χ1n) is 8.12. The first-order chi connectivity index (χ1) is 12.4. The number of carbonyl (C=O) groups is 2. The van der Waals surface area contributed by atoms with Gasteiger partial charge in [0.15, 0.2) is 0 Å². The number of hydrogen-bond acceptors (Lipinski definition) is 6. The molecule has 1 saturated heterocycles. The maximum Gasteiger partial charge on any atom is 0.308 e. The van der Waals surface area contributed by atoms with Gasteiger partial charge in [-0.15, -0.1) is 11.3 Å². The highest BCUT2D eigenvalue weighted by Crippen LogP contribution is 2.29. The molecule has 8 nitrogen and oxygen atoms in total. The molecule has 1 aromatic carbocycles. The Labute approximate surface area is 153 Å². The summed E-state index contributed by atoms with van der Waals surface area (Å²) in [4.78, 5) is 40.2. The van der Waals surface area contributed by atoms with Crippen LogP contribution >= 0.6 is 11.3 Å². The molecular weight excluding hydrogens is 358 g/mol. The zero-order valence-electron chi connectivity index (χ0n) is 14.0. The number of carboxylic acids is 1. The number of benzene rings is 1. The van der Waals surface area contributed by atoms with Crippen LogP contribution in [-0.4, -0.2) is 44.4 Å². The molecule has 3 rings (SSSR count). The summed E-state index contributed by atoms with van der Waals surface area (Å²) in [5.74, 6) is -1.74. The molecule has 0 aliphatic carbocycles. The van der Waals surface area contributed by atoms with Crippen molar-refractivity contribution in [3.05, 3.63) is 45.5 Å². The van der Waals surface area contributed by atoms with Crippen LogP contribution in [-0.2, 0) is 4.79 Å². The topological polar surface area (TPSA) is 114 Å². The molecule has 0 saturated carbocycles. The standard InChI is InChI=1S/C17H17N3O5S/c1-10-13(17(22)23)3-2-8-19(10)16(21)14-9-26-15(18-14)11-4-6-12(7-5-11)20(24)25/h4-7,9-10,13H,2-3,8H2,1H3,(H,22,23)/t10-,13-/m1/s1. The molecular formula is C17H17N3O5S. The summed E-state index contributed by atoms with van der Waals surface area (Å²) in [6.07, 6.45) is 1.21. The Kier molecular flexibility index (Phi) is 4.99. The van der Waals surface area contributed by atoms with E-state index >= 15 is 0 Å². The van der Waals surface area contributed by atoms with Crippen molar-refractivity contribution in [2.75, 3.05) is 6.54 Å². The van der Waals surface area contributed by atoms with Crippen molar-refractivity contribution in [2.24, 2.45) is 5.92 Å². The third-order valence-corrected chi connectivity index (χ3v) is 5.51. The highest BCUT2D eigenvalue weighted by atomic mass is 32.1. The number of non-ortho nitro benzene ring substituents is 1. The van der Waals surface area contributed by atoms with Gasteiger partial charge < -0.3 is 10.0 Å². The average Bonchev–Trinajstić information content (AvgIpc) is 3.11. The second-order valence-corrected chi connectivity index (χ2v) is 7.03. The third-order valence-electron chi connectivity index (χ3n) is 4.61. The van der Waals surface area contributed by atoms with Crippen molar-refractivity contribution >= 4 is 28.9 Å². The number of aliphatic carboxylic acids is 1. The number of rotatable bonds is 4. The van der Waals surface area contributed by atoms with Gasteiger partial charge in [-0.2, -0.15) is 0 Å². The predicted octanol–water partition coefficient (Wildman–Crippen LogP) is 3.04. The molecule has 1 N–H and O–H groups in total. The van der Waals surface area contributed by atoms with Crippen LogP contribution in [0, 0.1) is 16.0 Å². The lowest BCUT2D eigenvalue weighted by Crippen LogP contribution is -2.49. The molecule has 1 fully saturated rings. The maximum atomic E-state index is 12.8. The van der Waals surface area contributed by atoms with Crippen molar-refractivity contribution in [3.8, 4) is 10.6 Å². The number of nitrogens with zero attached hydrogens (tertiary/aromatic N) is 3. The molecule has 0 spiro atoms. The van der Waals surface area contributed by atoms with Crippen molar-refractivity contribution in [3.63, 3.8) is 0 Å². The van der Waals surface area contributed by atoms with Crippen LogP contribution in [0.2, 0.25) is 0 Å². The van der Waals surface area contributed by atoms with Gasteiger partial charge >= 0.3 is 5.97 Å². The second-order valence-electron chi connectivity index (χ2n) is 6.17. The van der Waals surface area contributed by atoms with Gasteiger partial charge in [-0.25, -0.2) is 4.98 Å². The Bertz CT molecular complexity index is 848. The minimum absolute atomic E-state index is 0.0107. The van der Waals surface area contributed by atoms with Gasteiger partial charge in [-0.05, 0) is 31.9 Å². The first kappa shape index (κ1) is 18.0. The number of carbonyl (C=O) groups excluding carboxylic acids is 1. The van der Waals surface area contributed by atoms with Crippen LogP contribution in [0.15, 0.2) is 29.6 Å². The smallest absolute Gasteiger partial charge is 0.308 e. The summed E-state index contributed by atoms with van der Waals surface area (Å²) in [6, 6.07) is 5.58. The minimum atomic E-state index is -0.889. The van der Waals surface area contributed by atoms with Crippen molar-refractivity contribution < 1.29 is 19.6 Å². The minimum Gasteiger partial charge on any atom is -0.481 e. The van der Waals surface area contributed by atoms with E-state index in [0.29, 0.717) is 30.0 Å². The van der Waals surface area contributed by atoms with Gasteiger partial charge in [0.05, 0.1) is 10.8 Å². The molecule has 1 aliphatic rings. The molecule has 0 unspecified atom stereocenters. The largest absolute Gasteiger partial charge is 0.481 e. The molecule has 2 atom stereocenters. The van der Waals surface area contributed by atoms with E-state index in [4.69, 9.17) is 0 Å². The van der Waals surface area contributed by atoms with Crippen LogP contribution in [0.4, 0.5) is 5.69 Å².